The summed E-state index contributed by atoms with van der Waals surface area (Å²) >= 11 is 15.2. The van der Waals surface area contributed by atoms with E-state index in [2.05, 4.69) is 31.6 Å². The van der Waals surface area contributed by atoms with Crippen LogP contribution >= 0.6 is 39.1 Å². The molecule has 5 nitrogen and oxygen atoms in total. The van der Waals surface area contributed by atoms with Crippen LogP contribution in [-0.4, -0.2) is 20.9 Å². The van der Waals surface area contributed by atoms with Crippen molar-refractivity contribution in [3.63, 3.8) is 0 Å². The van der Waals surface area contributed by atoms with E-state index >= 15 is 0 Å². The minimum atomic E-state index is -0.407. The van der Waals surface area contributed by atoms with Gasteiger partial charge in [-0.25, -0.2) is 4.68 Å². The van der Waals surface area contributed by atoms with E-state index in [4.69, 9.17) is 23.2 Å². The van der Waals surface area contributed by atoms with Crippen molar-refractivity contribution < 1.29 is 4.79 Å². The monoisotopic (exact) mass is 410 g/mol. The van der Waals surface area contributed by atoms with Crippen LogP contribution < -0.4 is 5.32 Å². The van der Waals surface area contributed by atoms with Crippen LogP contribution in [0, 0.1) is 0 Å². The van der Waals surface area contributed by atoms with Gasteiger partial charge in [0.15, 0.2) is 5.69 Å². The molecule has 23 heavy (non-hydrogen) atoms. The van der Waals surface area contributed by atoms with Gasteiger partial charge in [0.05, 0.1) is 22.6 Å². The first-order valence-corrected chi connectivity index (χ1v) is 8.02. The quantitative estimate of drug-likeness (QED) is 0.685. The highest BCUT2D eigenvalue weighted by Crippen LogP contribution is 2.25. The number of amides is 1. The van der Waals surface area contributed by atoms with Crippen molar-refractivity contribution in [2.45, 2.75) is 0 Å². The Morgan fingerprint density at radius 2 is 2.00 bits per heavy atom. The highest BCUT2D eigenvalue weighted by Gasteiger charge is 2.13. The molecule has 0 atom stereocenters. The van der Waals surface area contributed by atoms with E-state index < -0.39 is 5.91 Å². The predicted molar refractivity (Wildman–Crippen MR) is 93.5 cm³/mol. The molecule has 0 unspecified atom stereocenters. The van der Waals surface area contributed by atoms with Crippen LogP contribution in [0.4, 0.5) is 5.69 Å². The highest BCUT2D eigenvalue weighted by molar-refractivity contribution is 9.10. The lowest BCUT2D eigenvalue weighted by atomic mass is 10.3. The number of carbonyl (C=O) groups is 1. The van der Waals surface area contributed by atoms with Gasteiger partial charge >= 0.3 is 0 Å². The molecule has 0 saturated heterocycles. The van der Waals surface area contributed by atoms with E-state index in [9.17, 15) is 4.79 Å². The van der Waals surface area contributed by atoms with Crippen LogP contribution in [0.1, 0.15) is 10.5 Å². The summed E-state index contributed by atoms with van der Waals surface area (Å²) in [5.74, 6) is -0.407. The topological polar surface area (TPSA) is 59.8 Å². The second kappa shape index (κ2) is 6.70. The van der Waals surface area contributed by atoms with Crippen LogP contribution in [0.25, 0.3) is 5.69 Å². The summed E-state index contributed by atoms with van der Waals surface area (Å²) in [4.78, 5) is 12.2. The summed E-state index contributed by atoms with van der Waals surface area (Å²) < 4.78 is 2.42. The molecule has 1 N–H and O–H groups in total. The predicted octanol–water partition coefficient (Wildman–Crippen LogP) is 4.59. The fourth-order valence-corrected chi connectivity index (χ4v) is 2.73. The molecule has 1 aromatic heterocycles. The summed E-state index contributed by atoms with van der Waals surface area (Å²) in [6.45, 7) is 0. The largest absolute Gasteiger partial charge is 0.319 e. The standard InChI is InChI=1S/C15H9BrCl2N4O/c16-9-2-1-3-11(6-9)22-8-14(20-21-22)15(23)19-13-5-4-10(17)7-12(13)18/h1-8H,(H,19,23). The molecule has 8 heteroatoms. The molecule has 3 aromatic rings. The van der Waals surface area contributed by atoms with Crippen molar-refractivity contribution >= 4 is 50.7 Å². The zero-order chi connectivity index (χ0) is 16.4. The van der Waals surface area contributed by atoms with Crippen LogP contribution in [0.15, 0.2) is 53.1 Å². The molecule has 116 valence electrons. The number of rotatable bonds is 3. The van der Waals surface area contributed by atoms with Crippen molar-refractivity contribution in [2.24, 2.45) is 0 Å². The SMILES string of the molecule is O=C(Nc1ccc(Cl)cc1Cl)c1cn(-c2cccc(Br)c2)nn1. The zero-order valence-corrected chi connectivity index (χ0v) is 14.6. The lowest BCUT2D eigenvalue weighted by molar-refractivity contribution is 0.102. The maximum absolute atomic E-state index is 12.2. The van der Waals surface area contributed by atoms with Crippen molar-refractivity contribution in [3.05, 3.63) is 68.9 Å². The molecule has 1 amide bonds. The molecule has 0 aliphatic rings. The number of nitrogens with zero attached hydrogens (tertiary/aromatic N) is 3. The number of aromatic nitrogens is 3. The maximum atomic E-state index is 12.2. The smallest absolute Gasteiger partial charge is 0.277 e. The molecule has 0 bridgehead atoms. The van der Waals surface area contributed by atoms with Crippen LogP contribution in [0.2, 0.25) is 10.0 Å². The van der Waals surface area contributed by atoms with Gasteiger partial charge in [-0.3, -0.25) is 4.79 Å². The number of hydrogen-bond donors (Lipinski definition) is 1. The molecular formula is C15H9BrCl2N4O. The van der Waals surface area contributed by atoms with Crippen molar-refractivity contribution in [1.82, 2.24) is 15.0 Å². The first-order valence-electron chi connectivity index (χ1n) is 6.47. The van der Waals surface area contributed by atoms with Gasteiger partial charge in [0.2, 0.25) is 0 Å². The van der Waals surface area contributed by atoms with Gasteiger partial charge in [0.1, 0.15) is 0 Å². The highest BCUT2D eigenvalue weighted by atomic mass is 79.9. The minimum Gasteiger partial charge on any atom is -0.319 e. The summed E-state index contributed by atoms with van der Waals surface area (Å²) in [6, 6.07) is 12.3. The van der Waals surface area contributed by atoms with Crippen molar-refractivity contribution in [2.75, 3.05) is 5.32 Å². The summed E-state index contributed by atoms with van der Waals surface area (Å²) in [7, 11) is 0. The molecule has 0 aliphatic heterocycles. The van der Waals surface area contributed by atoms with Gasteiger partial charge in [-0.1, -0.05) is 50.4 Å². The van der Waals surface area contributed by atoms with Crippen LogP contribution in [0.3, 0.4) is 0 Å². The molecule has 0 spiro atoms. The van der Waals surface area contributed by atoms with Gasteiger partial charge in [0, 0.05) is 9.50 Å². The fourth-order valence-electron chi connectivity index (χ4n) is 1.89. The third-order valence-electron chi connectivity index (χ3n) is 2.98. The van der Waals surface area contributed by atoms with E-state index in [1.807, 2.05) is 24.3 Å². The molecule has 0 fully saturated rings. The van der Waals surface area contributed by atoms with Gasteiger partial charge in [-0.2, -0.15) is 0 Å². The molecule has 0 saturated carbocycles. The summed E-state index contributed by atoms with van der Waals surface area (Å²) in [5, 5.41) is 11.4. The van der Waals surface area contributed by atoms with Crippen molar-refractivity contribution in [1.29, 1.82) is 0 Å². The van der Waals surface area contributed by atoms with Crippen LogP contribution in [0.5, 0.6) is 0 Å². The Morgan fingerprint density at radius 3 is 2.74 bits per heavy atom. The maximum Gasteiger partial charge on any atom is 0.277 e. The third kappa shape index (κ3) is 3.72. The molecule has 1 heterocycles. The number of hydrogen-bond acceptors (Lipinski definition) is 3. The van der Waals surface area contributed by atoms with Gasteiger partial charge in [-0.05, 0) is 36.4 Å². The molecule has 0 aliphatic carbocycles. The van der Waals surface area contributed by atoms with E-state index in [-0.39, 0.29) is 5.69 Å². The van der Waals surface area contributed by atoms with E-state index in [1.165, 1.54) is 4.68 Å². The summed E-state index contributed by atoms with van der Waals surface area (Å²) in [6.07, 6.45) is 1.54. The first-order chi connectivity index (χ1) is 11.0. The number of nitrogens with one attached hydrogen (secondary N) is 1. The molecular weight excluding hydrogens is 403 g/mol. The Labute approximate surface area is 150 Å². The average Bonchev–Trinajstić information content (AvgIpc) is 3.00. The normalized spacial score (nSPS) is 10.6. The van der Waals surface area contributed by atoms with Crippen LogP contribution in [-0.2, 0) is 0 Å². The summed E-state index contributed by atoms with van der Waals surface area (Å²) in [5.41, 5.74) is 1.42. The second-order valence-electron chi connectivity index (χ2n) is 4.61. The van der Waals surface area contributed by atoms with Gasteiger partial charge in [-0.15, -0.1) is 5.10 Å². The first kappa shape index (κ1) is 16.0. The van der Waals surface area contributed by atoms with E-state index in [0.29, 0.717) is 15.7 Å². The average molecular weight is 412 g/mol. The Morgan fingerprint density at radius 1 is 1.17 bits per heavy atom. The molecule has 3 rings (SSSR count). The fraction of sp³-hybridized carbons (Fsp3) is 0. The zero-order valence-electron chi connectivity index (χ0n) is 11.5. The molecule has 0 radical (unpaired) electrons. The van der Waals surface area contributed by atoms with E-state index in [1.54, 1.807) is 24.4 Å². The Bertz CT molecular complexity index is 881. The van der Waals surface area contributed by atoms with Gasteiger partial charge < -0.3 is 5.32 Å². The Hall–Kier alpha value is -1.89. The second-order valence-corrected chi connectivity index (χ2v) is 6.37. The Balaban J connectivity index is 1.81. The Kier molecular flexibility index (Phi) is 4.66. The number of carbonyl (C=O) groups excluding carboxylic acids is 1. The lowest BCUT2D eigenvalue weighted by Gasteiger charge is -2.05. The van der Waals surface area contributed by atoms with Gasteiger partial charge in [0.25, 0.3) is 5.91 Å². The van der Waals surface area contributed by atoms with Crippen molar-refractivity contribution in [3.8, 4) is 5.69 Å². The number of benzene rings is 2. The number of anilines is 1. The lowest BCUT2D eigenvalue weighted by Crippen LogP contribution is -2.12. The third-order valence-corrected chi connectivity index (χ3v) is 4.02. The number of halogens is 3. The molecule has 2 aromatic carbocycles. The van der Waals surface area contributed by atoms with E-state index in [0.717, 1.165) is 10.2 Å². The minimum absolute atomic E-state index is 0.177.